The van der Waals surface area contributed by atoms with Gasteiger partial charge in [0.15, 0.2) is 12.2 Å². The molecule has 1 aliphatic rings. The molecule has 0 spiro atoms. The van der Waals surface area contributed by atoms with Crippen molar-refractivity contribution < 1.29 is 38.7 Å². The predicted octanol–water partition coefficient (Wildman–Crippen LogP) is 7.87. The van der Waals surface area contributed by atoms with Gasteiger partial charge < -0.3 is 29.2 Å². The Morgan fingerprint density at radius 2 is 1.54 bits per heavy atom. The second kappa shape index (κ2) is 19.9. The fourth-order valence-corrected chi connectivity index (χ4v) is 5.84. The number of carbonyl (C=O) groups excluding carboxylic acids is 2. The molecule has 2 aromatic rings. The third kappa shape index (κ3) is 11.5. The lowest BCUT2D eigenvalue weighted by Gasteiger charge is -2.42. The van der Waals surface area contributed by atoms with Crippen LogP contribution in [0.4, 0.5) is 0 Å². The minimum Gasteiger partial charge on any atom is -0.494 e. The van der Waals surface area contributed by atoms with Crippen LogP contribution in [0, 0.1) is 5.92 Å². The zero-order valence-electron chi connectivity index (χ0n) is 27.9. The number of benzene rings is 2. The van der Waals surface area contributed by atoms with Crippen LogP contribution in [0.25, 0.3) is 0 Å². The lowest BCUT2D eigenvalue weighted by Crippen LogP contribution is -2.57. The van der Waals surface area contributed by atoms with E-state index in [1.807, 2.05) is 37.3 Å². The summed E-state index contributed by atoms with van der Waals surface area (Å²) >= 11 is 6.59. The summed E-state index contributed by atoms with van der Waals surface area (Å²) in [7, 11) is 0. The molecule has 1 aliphatic heterocycles. The van der Waals surface area contributed by atoms with Crippen molar-refractivity contribution in [2.24, 2.45) is 5.92 Å². The molecule has 3 rings (SSSR count). The number of rotatable bonds is 19. The van der Waals surface area contributed by atoms with E-state index >= 15 is 0 Å². The maximum absolute atomic E-state index is 13.1. The van der Waals surface area contributed by atoms with Crippen molar-refractivity contribution in [1.82, 2.24) is 0 Å². The first-order valence-corrected chi connectivity index (χ1v) is 17.5. The Morgan fingerprint density at radius 3 is 2.22 bits per heavy atom. The molecule has 0 saturated carbocycles. The quantitative estimate of drug-likeness (QED) is 0.116. The smallest absolute Gasteiger partial charge is 0.311 e. The summed E-state index contributed by atoms with van der Waals surface area (Å²) in [6.07, 6.45) is 3.35. The average Bonchev–Trinajstić information content (AvgIpc) is 3.04. The van der Waals surface area contributed by atoms with Crippen molar-refractivity contribution in [2.45, 2.75) is 135 Å². The summed E-state index contributed by atoms with van der Waals surface area (Å²) in [4.78, 5) is 25.9. The molecule has 0 radical (unpaired) electrons. The van der Waals surface area contributed by atoms with Gasteiger partial charge in [0.05, 0.1) is 12.5 Å². The Balaban J connectivity index is 1.81. The van der Waals surface area contributed by atoms with Gasteiger partial charge >= 0.3 is 11.9 Å². The Hall–Kier alpha value is -2.65. The van der Waals surface area contributed by atoms with Crippen LogP contribution in [0.3, 0.4) is 0 Å². The molecule has 0 aromatic heterocycles. The highest BCUT2D eigenvalue weighted by atomic mass is 35.5. The van der Waals surface area contributed by atoms with E-state index in [0.717, 1.165) is 68.2 Å². The van der Waals surface area contributed by atoms with E-state index in [9.17, 15) is 19.8 Å². The van der Waals surface area contributed by atoms with Crippen molar-refractivity contribution >= 4 is 23.5 Å². The van der Waals surface area contributed by atoms with Crippen LogP contribution in [0.15, 0.2) is 42.5 Å². The van der Waals surface area contributed by atoms with Crippen molar-refractivity contribution in [3.05, 3.63) is 64.2 Å². The summed E-state index contributed by atoms with van der Waals surface area (Å²) in [5, 5.41) is 23.2. The zero-order chi connectivity index (χ0) is 33.5. The summed E-state index contributed by atoms with van der Waals surface area (Å²) in [5.74, 6) is -0.662. The highest BCUT2D eigenvalue weighted by molar-refractivity contribution is 6.31. The Labute approximate surface area is 279 Å². The molecule has 2 N–H and O–H groups in total. The number of esters is 2. The first kappa shape index (κ1) is 37.8. The second-order valence-corrected chi connectivity index (χ2v) is 12.7. The van der Waals surface area contributed by atoms with Crippen LogP contribution in [0.2, 0.25) is 5.02 Å². The van der Waals surface area contributed by atoms with Crippen LogP contribution in [-0.2, 0) is 30.2 Å². The molecule has 46 heavy (non-hydrogen) atoms. The molecule has 0 aliphatic carbocycles. The number of hydrogen-bond acceptors (Lipinski definition) is 8. The van der Waals surface area contributed by atoms with Crippen LogP contribution >= 0.6 is 11.6 Å². The monoisotopic (exact) mass is 660 g/mol. The second-order valence-electron chi connectivity index (χ2n) is 12.3. The third-order valence-corrected chi connectivity index (χ3v) is 8.82. The van der Waals surface area contributed by atoms with Crippen LogP contribution in [-0.4, -0.2) is 53.4 Å². The maximum Gasteiger partial charge on any atom is 0.311 e. The molecule has 6 atom stereocenters. The minimum absolute atomic E-state index is 0.164. The molecular weight excluding hydrogens is 608 g/mol. The first-order chi connectivity index (χ1) is 22.2. The molecule has 1 unspecified atom stereocenters. The normalized spacial score (nSPS) is 21.8. The maximum atomic E-state index is 13.1. The summed E-state index contributed by atoms with van der Waals surface area (Å²) < 4.78 is 23.0. The molecule has 2 aromatic carbocycles. The highest BCUT2D eigenvalue weighted by Crippen LogP contribution is 2.37. The topological polar surface area (TPSA) is 112 Å². The SMILES string of the molecule is CCCCCCCC(=O)O[C@@H]1[C@@H](O)[C@H](c2ccc(Cl)c(Cc3ccc(OCC)cc3)c2)O[C@H](OC(=O)C(C)CCCCCC)[C@@H]1O. The summed E-state index contributed by atoms with van der Waals surface area (Å²) in [6.45, 7) is 8.55. The first-order valence-electron chi connectivity index (χ1n) is 17.1. The Bertz CT molecular complexity index is 1200. The van der Waals surface area contributed by atoms with E-state index in [4.69, 9.17) is 30.5 Å². The molecule has 1 fully saturated rings. The third-order valence-electron chi connectivity index (χ3n) is 8.45. The Morgan fingerprint density at radius 1 is 0.870 bits per heavy atom. The van der Waals surface area contributed by atoms with E-state index in [1.54, 1.807) is 19.1 Å². The molecule has 0 amide bonds. The standard InChI is InChI=1S/C37H53ClO8/c1-5-8-10-12-14-16-31(39)44-35-32(40)34(45-37(33(35)41)46-36(42)25(4)15-13-11-9-6-2)27-19-22-30(38)28(24-27)23-26-17-20-29(21-18-26)43-7-3/h17-22,24-25,32-35,37,40-41H,5-16,23H2,1-4H3/t25?,32-,33+,34-,35+,37+/m0/s1. The van der Waals surface area contributed by atoms with Gasteiger partial charge in [0.2, 0.25) is 6.29 Å². The van der Waals surface area contributed by atoms with E-state index in [1.165, 1.54) is 0 Å². The molecule has 256 valence electrons. The fourth-order valence-electron chi connectivity index (χ4n) is 5.65. The van der Waals surface area contributed by atoms with E-state index in [2.05, 4.69) is 13.8 Å². The van der Waals surface area contributed by atoms with E-state index < -0.39 is 48.6 Å². The minimum atomic E-state index is -1.57. The number of unbranched alkanes of at least 4 members (excludes halogenated alkanes) is 7. The van der Waals surface area contributed by atoms with Crippen LogP contribution < -0.4 is 4.74 Å². The van der Waals surface area contributed by atoms with Gasteiger partial charge in [-0.15, -0.1) is 0 Å². The molecule has 8 nitrogen and oxygen atoms in total. The molecule has 1 saturated heterocycles. The van der Waals surface area contributed by atoms with Crippen molar-refractivity contribution in [2.75, 3.05) is 6.61 Å². The number of carbonyl (C=O) groups is 2. The number of aliphatic hydroxyl groups excluding tert-OH is 2. The van der Waals surface area contributed by atoms with E-state index in [-0.39, 0.29) is 6.42 Å². The predicted molar refractivity (Wildman–Crippen MR) is 179 cm³/mol. The van der Waals surface area contributed by atoms with Gasteiger partial charge in [-0.05, 0) is 61.1 Å². The zero-order valence-corrected chi connectivity index (χ0v) is 28.7. The van der Waals surface area contributed by atoms with E-state index in [0.29, 0.717) is 36.5 Å². The average molecular weight is 661 g/mol. The van der Waals surface area contributed by atoms with Gasteiger partial charge in [0, 0.05) is 11.4 Å². The highest BCUT2D eigenvalue weighted by Gasteiger charge is 2.49. The molecular formula is C37H53ClO8. The van der Waals surface area contributed by atoms with Gasteiger partial charge in [-0.1, -0.05) is 108 Å². The van der Waals surface area contributed by atoms with Crippen molar-refractivity contribution in [3.8, 4) is 5.75 Å². The van der Waals surface area contributed by atoms with Gasteiger partial charge in [0.25, 0.3) is 0 Å². The Kier molecular flexibility index (Phi) is 16.3. The van der Waals surface area contributed by atoms with Gasteiger partial charge in [-0.2, -0.15) is 0 Å². The molecule has 1 heterocycles. The summed E-state index contributed by atoms with van der Waals surface area (Å²) in [6, 6.07) is 13.0. The van der Waals surface area contributed by atoms with Crippen molar-refractivity contribution in [1.29, 1.82) is 0 Å². The lowest BCUT2D eigenvalue weighted by molar-refractivity contribution is -0.294. The summed E-state index contributed by atoms with van der Waals surface area (Å²) in [5.41, 5.74) is 2.35. The molecule has 9 heteroatoms. The number of aliphatic hydroxyl groups is 2. The largest absolute Gasteiger partial charge is 0.494 e. The lowest BCUT2D eigenvalue weighted by atomic mass is 9.91. The van der Waals surface area contributed by atoms with Crippen molar-refractivity contribution in [3.63, 3.8) is 0 Å². The van der Waals surface area contributed by atoms with Crippen LogP contribution in [0.1, 0.15) is 121 Å². The number of ether oxygens (including phenoxy) is 4. The van der Waals surface area contributed by atoms with Gasteiger partial charge in [0.1, 0.15) is 18.0 Å². The van der Waals surface area contributed by atoms with Crippen LogP contribution in [0.5, 0.6) is 5.75 Å². The number of halogens is 1. The van der Waals surface area contributed by atoms with Gasteiger partial charge in [-0.25, -0.2) is 0 Å². The fraction of sp³-hybridized carbons (Fsp3) is 0.622. The van der Waals surface area contributed by atoms with Gasteiger partial charge in [-0.3, -0.25) is 9.59 Å². The molecule has 0 bridgehead atoms. The number of hydrogen-bond donors (Lipinski definition) is 2.